The Labute approximate surface area is 134 Å². The number of nitrogens with zero attached hydrogens (tertiary/aromatic N) is 2. The van der Waals surface area contributed by atoms with Gasteiger partial charge in [0.1, 0.15) is 23.5 Å². The molecule has 1 atom stereocenters. The van der Waals surface area contributed by atoms with Crippen LogP contribution in [-0.2, 0) is 4.74 Å². The van der Waals surface area contributed by atoms with Crippen LogP contribution < -0.4 is 0 Å². The van der Waals surface area contributed by atoms with E-state index in [1.54, 1.807) is 30.3 Å². The Morgan fingerprint density at radius 2 is 2.00 bits per heavy atom. The van der Waals surface area contributed by atoms with E-state index in [-0.39, 0.29) is 17.2 Å². The van der Waals surface area contributed by atoms with Gasteiger partial charge in [0.05, 0.1) is 7.11 Å². The Hall–Kier alpha value is -3.13. The molecule has 0 aliphatic carbocycles. The first kappa shape index (κ1) is 16.2. The predicted molar refractivity (Wildman–Crippen MR) is 85.1 cm³/mol. The number of allylic oxidation sites excluding steroid dienone is 1. The quantitative estimate of drug-likeness (QED) is 0.467. The molecule has 1 heterocycles. The maximum Gasteiger partial charge on any atom is 0.354 e. The number of esters is 1. The Balaban J connectivity index is 2.56. The number of hydrogen-bond donors (Lipinski definition) is 0. The SMILES string of the molecule is C=CCC(C(=O)c1ccccc1)n1c(C#N)ccc1C(=O)OC. The monoisotopic (exact) mass is 308 g/mol. The van der Waals surface area contributed by atoms with Gasteiger partial charge in [0.15, 0.2) is 5.78 Å². The summed E-state index contributed by atoms with van der Waals surface area (Å²) in [6.07, 6.45) is 1.88. The van der Waals surface area contributed by atoms with Gasteiger partial charge in [-0.05, 0) is 18.6 Å². The molecule has 23 heavy (non-hydrogen) atoms. The second-order valence-corrected chi connectivity index (χ2v) is 4.85. The molecular weight excluding hydrogens is 292 g/mol. The van der Waals surface area contributed by atoms with Crippen molar-refractivity contribution in [2.24, 2.45) is 0 Å². The fraction of sp³-hybridized carbons (Fsp3) is 0.167. The van der Waals surface area contributed by atoms with Gasteiger partial charge in [0, 0.05) is 5.56 Å². The van der Waals surface area contributed by atoms with Gasteiger partial charge in [-0.15, -0.1) is 6.58 Å². The molecule has 1 aromatic heterocycles. The minimum absolute atomic E-state index is 0.167. The number of Topliss-reactive ketones (excluding diaryl/α,β-unsaturated/α-hetero) is 1. The highest BCUT2D eigenvalue weighted by Crippen LogP contribution is 2.24. The predicted octanol–water partition coefficient (Wildman–Crippen LogP) is 3.15. The molecule has 2 rings (SSSR count). The lowest BCUT2D eigenvalue weighted by Crippen LogP contribution is -2.24. The number of carbonyl (C=O) groups excluding carboxylic acids is 2. The second-order valence-electron chi connectivity index (χ2n) is 4.85. The summed E-state index contributed by atoms with van der Waals surface area (Å²) in [5, 5.41) is 9.30. The Kier molecular flexibility index (Phi) is 5.11. The van der Waals surface area contributed by atoms with E-state index in [0.29, 0.717) is 12.0 Å². The van der Waals surface area contributed by atoms with Crippen LogP contribution in [0.2, 0.25) is 0 Å². The van der Waals surface area contributed by atoms with Crippen molar-refractivity contribution >= 4 is 11.8 Å². The lowest BCUT2D eigenvalue weighted by Gasteiger charge is -2.20. The molecule has 0 saturated carbocycles. The topological polar surface area (TPSA) is 72.1 Å². The van der Waals surface area contributed by atoms with Gasteiger partial charge in [-0.1, -0.05) is 36.4 Å². The molecule has 5 heteroatoms. The highest BCUT2D eigenvalue weighted by atomic mass is 16.5. The van der Waals surface area contributed by atoms with Crippen molar-refractivity contribution < 1.29 is 14.3 Å². The zero-order valence-corrected chi connectivity index (χ0v) is 12.7. The van der Waals surface area contributed by atoms with Gasteiger partial charge in [-0.25, -0.2) is 4.79 Å². The van der Waals surface area contributed by atoms with Crippen LogP contribution in [0.1, 0.15) is 39.0 Å². The molecule has 0 N–H and O–H groups in total. The Morgan fingerprint density at radius 1 is 1.30 bits per heavy atom. The fourth-order valence-electron chi connectivity index (χ4n) is 2.43. The molecule has 0 saturated heterocycles. The summed E-state index contributed by atoms with van der Waals surface area (Å²) in [7, 11) is 1.26. The van der Waals surface area contributed by atoms with Crippen LogP contribution in [0.5, 0.6) is 0 Å². The lowest BCUT2D eigenvalue weighted by atomic mass is 10.0. The van der Waals surface area contributed by atoms with Crippen molar-refractivity contribution in [3.05, 3.63) is 72.1 Å². The van der Waals surface area contributed by atoms with Gasteiger partial charge in [-0.2, -0.15) is 5.26 Å². The molecule has 0 aliphatic heterocycles. The van der Waals surface area contributed by atoms with E-state index in [1.807, 2.05) is 12.1 Å². The van der Waals surface area contributed by atoms with Gasteiger partial charge in [0.2, 0.25) is 0 Å². The molecule has 2 aromatic rings. The van der Waals surface area contributed by atoms with Crippen LogP contribution in [0, 0.1) is 11.3 Å². The van der Waals surface area contributed by atoms with Crippen molar-refractivity contribution in [1.82, 2.24) is 4.57 Å². The minimum atomic E-state index is -0.728. The first-order valence-electron chi connectivity index (χ1n) is 7.03. The van der Waals surface area contributed by atoms with E-state index in [9.17, 15) is 14.9 Å². The molecule has 0 fully saturated rings. The molecule has 0 amide bonds. The first-order chi connectivity index (χ1) is 11.1. The van der Waals surface area contributed by atoms with E-state index >= 15 is 0 Å². The molecule has 116 valence electrons. The van der Waals surface area contributed by atoms with Gasteiger partial charge >= 0.3 is 5.97 Å². The fourth-order valence-corrected chi connectivity index (χ4v) is 2.43. The number of nitriles is 1. The maximum atomic E-state index is 12.8. The number of rotatable bonds is 6. The zero-order chi connectivity index (χ0) is 16.8. The van der Waals surface area contributed by atoms with E-state index in [2.05, 4.69) is 6.58 Å². The summed E-state index contributed by atoms with van der Waals surface area (Å²) in [5.41, 5.74) is 0.898. The average Bonchev–Trinajstić information content (AvgIpc) is 3.02. The number of aromatic nitrogens is 1. The second kappa shape index (κ2) is 7.23. The summed E-state index contributed by atoms with van der Waals surface area (Å²) >= 11 is 0. The number of hydrogen-bond acceptors (Lipinski definition) is 4. The molecular formula is C18H16N2O3. The van der Waals surface area contributed by atoms with Crippen molar-refractivity contribution in [1.29, 1.82) is 5.26 Å². The van der Waals surface area contributed by atoms with Crippen molar-refractivity contribution in [3.8, 4) is 6.07 Å². The number of carbonyl (C=O) groups is 2. The van der Waals surface area contributed by atoms with Crippen molar-refractivity contribution in [2.75, 3.05) is 7.11 Å². The first-order valence-corrected chi connectivity index (χ1v) is 7.03. The van der Waals surface area contributed by atoms with Crippen LogP contribution in [0.4, 0.5) is 0 Å². The molecule has 1 unspecified atom stereocenters. The largest absolute Gasteiger partial charge is 0.464 e. The summed E-state index contributed by atoms with van der Waals surface area (Å²) < 4.78 is 6.16. The highest BCUT2D eigenvalue weighted by molar-refractivity contribution is 6.00. The Bertz CT molecular complexity index is 769. The van der Waals surface area contributed by atoms with Gasteiger partial charge in [0.25, 0.3) is 0 Å². The van der Waals surface area contributed by atoms with Crippen molar-refractivity contribution in [3.63, 3.8) is 0 Å². The molecule has 0 spiro atoms. The lowest BCUT2D eigenvalue weighted by molar-refractivity contribution is 0.0585. The van der Waals surface area contributed by atoms with Crippen LogP contribution in [0.25, 0.3) is 0 Å². The van der Waals surface area contributed by atoms with E-state index in [4.69, 9.17) is 4.74 Å². The smallest absolute Gasteiger partial charge is 0.354 e. The zero-order valence-electron chi connectivity index (χ0n) is 12.7. The summed E-state index contributed by atoms with van der Waals surface area (Å²) in [6, 6.07) is 13.0. The van der Waals surface area contributed by atoms with Crippen molar-refractivity contribution in [2.45, 2.75) is 12.5 Å². The van der Waals surface area contributed by atoms with Gasteiger partial charge < -0.3 is 9.30 Å². The number of methoxy groups -OCH3 is 1. The highest BCUT2D eigenvalue weighted by Gasteiger charge is 2.27. The molecule has 0 aliphatic rings. The van der Waals surface area contributed by atoms with E-state index < -0.39 is 12.0 Å². The molecule has 0 bridgehead atoms. The number of benzene rings is 1. The molecule has 0 radical (unpaired) electrons. The standard InChI is InChI=1S/C18H16N2O3/c1-3-7-15(17(21)13-8-5-4-6-9-13)20-14(12-19)10-11-16(20)18(22)23-2/h3-6,8-11,15H,1,7H2,2H3. The van der Waals surface area contributed by atoms with Gasteiger partial charge in [-0.3, -0.25) is 4.79 Å². The minimum Gasteiger partial charge on any atom is -0.464 e. The average molecular weight is 308 g/mol. The normalized spacial score (nSPS) is 11.3. The van der Waals surface area contributed by atoms with Crippen LogP contribution >= 0.6 is 0 Å². The Morgan fingerprint density at radius 3 is 2.57 bits per heavy atom. The van der Waals surface area contributed by atoms with E-state index in [1.165, 1.54) is 23.8 Å². The van der Waals surface area contributed by atoms with Crippen LogP contribution in [-0.4, -0.2) is 23.4 Å². The molecule has 5 nitrogen and oxygen atoms in total. The maximum absolute atomic E-state index is 12.8. The third-order valence-electron chi connectivity index (χ3n) is 3.49. The number of ether oxygens (including phenoxy) is 1. The third-order valence-corrected chi connectivity index (χ3v) is 3.49. The third kappa shape index (κ3) is 3.22. The summed E-state index contributed by atoms with van der Waals surface area (Å²) in [6.45, 7) is 3.67. The summed E-state index contributed by atoms with van der Waals surface area (Å²) in [5.74, 6) is -0.787. The van der Waals surface area contributed by atoms with Crippen LogP contribution in [0.3, 0.4) is 0 Å². The molecule has 1 aromatic carbocycles. The number of ketones is 1. The van der Waals surface area contributed by atoms with E-state index in [0.717, 1.165) is 0 Å². The van der Waals surface area contributed by atoms with Crippen LogP contribution in [0.15, 0.2) is 55.1 Å². The summed E-state index contributed by atoms with van der Waals surface area (Å²) in [4.78, 5) is 24.8.